The first kappa shape index (κ1) is 9.10. The first-order valence-electron chi connectivity index (χ1n) is 3.82. The number of fused-ring (bicyclic) bond motifs is 1. The molecule has 2 N–H and O–H groups in total. The van der Waals surface area contributed by atoms with Gasteiger partial charge in [-0.1, -0.05) is 0 Å². The number of hydrogen-bond donors (Lipinski definition) is 1. The number of nitrogens with two attached hydrogens (primary N) is 1. The van der Waals surface area contributed by atoms with Crippen LogP contribution in [-0.4, -0.2) is 23.0 Å². The number of hydrogen-bond acceptors (Lipinski definition) is 4. The number of rotatable bonds is 1. The van der Waals surface area contributed by atoms with Crippen LogP contribution in [0.2, 0.25) is 0 Å². The average molecular weight is 212 g/mol. The lowest BCUT2D eigenvalue weighted by molar-refractivity contribution is 0.589. The SMILES string of the molecule is Cc1cc(S(N)(=O)=O)n2ncnc2c1. The summed E-state index contributed by atoms with van der Waals surface area (Å²) >= 11 is 0. The Morgan fingerprint density at radius 1 is 1.43 bits per heavy atom. The molecule has 0 fully saturated rings. The summed E-state index contributed by atoms with van der Waals surface area (Å²) in [5, 5.41) is 8.76. The van der Waals surface area contributed by atoms with E-state index in [1.54, 1.807) is 13.0 Å². The van der Waals surface area contributed by atoms with Gasteiger partial charge in [-0.05, 0) is 24.6 Å². The van der Waals surface area contributed by atoms with Crippen LogP contribution < -0.4 is 5.14 Å². The molecule has 7 heteroatoms. The predicted octanol–water partition coefficient (Wildman–Crippen LogP) is -0.315. The third-order valence-corrected chi connectivity index (χ3v) is 2.66. The lowest BCUT2D eigenvalue weighted by Gasteiger charge is -2.02. The van der Waals surface area contributed by atoms with Gasteiger partial charge in [0.15, 0.2) is 10.7 Å². The summed E-state index contributed by atoms with van der Waals surface area (Å²) in [5.41, 5.74) is 1.24. The molecule has 2 rings (SSSR count). The molecule has 0 aliphatic heterocycles. The Morgan fingerprint density at radius 3 is 2.79 bits per heavy atom. The normalized spacial score (nSPS) is 12.1. The van der Waals surface area contributed by atoms with Crippen LogP contribution in [-0.2, 0) is 10.0 Å². The van der Waals surface area contributed by atoms with Crippen molar-refractivity contribution in [1.82, 2.24) is 14.6 Å². The minimum absolute atomic E-state index is 0.0509. The highest BCUT2D eigenvalue weighted by molar-refractivity contribution is 7.89. The smallest absolute Gasteiger partial charge is 0.223 e. The zero-order valence-electron chi connectivity index (χ0n) is 7.38. The molecule has 14 heavy (non-hydrogen) atoms. The lowest BCUT2D eigenvalue weighted by atomic mass is 10.3. The van der Waals surface area contributed by atoms with Crippen molar-refractivity contribution in [2.75, 3.05) is 0 Å². The van der Waals surface area contributed by atoms with Gasteiger partial charge in [-0.2, -0.15) is 5.10 Å². The summed E-state index contributed by atoms with van der Waals surface area (Å²) in [6.07, 6.45) is 1.28. The van der Waals surface area contributed by atoms with Gasteiger partial charge in [0, 0.05) is 0 Å². The second-order valence-electron chi connectivity index (χ2n) is 2.95. The van der Waals surface area contributed by atoms with Crippen LogP contribution in [0, 0.1) is 6.92 Å². The van der Waals surface area contributed by atoms with E-state index in [0.29, 0.717) is 5.65 Å². The Morgan fingerprint density at radius 2 is 2.14 bits per heavy atom. The van der Waals surface area contributed by atoms with Crippen LogP contribution >= 0.6 is 0 Å². The summed E-state index contributed by atoms with van der Waals surface area (Å²) in [6.45, 7) is 1.77. The third kappa shape index (κ3) is 1.36. The van der Waals surface area contributed by atoms with Crippen LogP contribution in [0.4, 0.5) is 0 Å². The van der Waals surface area contributed by atoms with Crippen molar-refractivity contribution in [2.45, 2.75) is 11.9 Å². The largest absolute Gasteiger partial charge is 0.255 e. The maximum atomic E-state index is 11.2. The van der Waals surface area contributed by atoms with Crippen LogP contribution in [0.3, 0.4) is 0 Å². The highest BCUT2D eigenvalue weighted by atomic mass is 32.2. The molecule has 6 nitrogen and oxygen atoms in total. The van der Waals surface area contributed by atoms with Crippen LogP contribution in [0.25, 0.3) is 5.65 Å². The van der Waals surface area contributed by atoms with E-state index in [-0.39, 0.29) is 5.03 Å². The monoisotopic (exact) mass is 212 g/mol. The lowest BCUT2D eigenvalue weighted by Crippen LogP contribution is -2.17. The van der Waals surface area contributed by atoms with Gasteiger partial charge >= 0.3 is 0 Å². The molecule has 0 unspecified atom stereocenters. The van der Waals surface area contributed by atoms with Gasteiger partial charge in [0.2, 0.25) is 0 Å². The van der Waals surface area contributed by atoms with E-state index in [1.807, 2.05) is 0 Å². The van der Waals surface area contributed by atoms with E-state index in [0.717, 1.165) is 5.56 Å². The van der Waals surface area contributed by atoms with E-state index < -0.39 is 10.0 Å². The Kier molecular flexibility index (Phi) is 1.79. The summed E-state index contributed by atoms with van der Waals surface area (Å²) in [4.78, 5) is 3.89. The minimum atomic E-state index is -3.76. The summed E-state index contributed by atoms with van der Waals surface area (Å²) in [6, 6.07) is 3.18. The average Bonchev–Trinajstić information content (AvgIpc) is 2.47. The Hall–Kier alpha value is -1.47. The molecule has 0 aromatic carbocycles. The van der Waals surface area contributed by atoms with E-state index in [2.05, 4.69) is 10.1 Å². The van der Waals surface area contributed by atoms with Crippen molar-refractivity contribution in [3.8, 4) is 0 Å². The Bertz CT molecular complexity index is 587. The van der Waals surface area contributed by atoms with E-state index in [9.17, 15) is 8.42 Å². The summed E-state index contributed by atoms with van der Waals surface area (Å²) in [7, 11) is -3.76. The Labute approximate surface area is 80.4 Å². The molecule has 2 aromatic heterocycles. The summed E-state index contributed by atoms with van der Waals surface area (Å²) < 4.78 is 23.6. The maximum absolute atomic E-state index is 11.2. The maximum Gasteiger partial charge on any atom is 0.255 e. The molecule has 2 heterocycles. The van der Waals surface area contributed by atoms with Crippen molar-refractivity contribution in [2.24, 2.45) is 5.14 Å². The van der Waals surface area contributed by atoms with Crippen molar-refractivity contribution >= 4 is 15.7 Å². The molecule has 0 aliphatic carbocycles. The fourth-order valence-corrected chi connectivity index (χ4v) is 1.95. The first-order chi connectivity index (χ1) is 6.48. The molecule has 0 saturated carbocycles. The van der Waals surface area contributed by atoms with Crippen molar-refractivity contribution in [3.63, 3.8) is 0 Å². The molecule has 0 saturated heterocycles. The number of aryl methyl sites for hydroxylation is 1. The minimum Gasteiger partial charge on any atom is -0.223 e. The second kappa shape index (κ2) is 2.76. The molecule has 74 valence electrons. The number of pyridine rings is 1. The standard InChI is InChI=1S/C7H8N4O2S/c1-5-2-6-9-4-10-11(6)7(3-5)14(8,12)13/h2-4H,1H3,(H2,8,12,13). The molecule has 0 bridgehead atoms. The molecule has 2 aromatic rings. The molecule has 0 spiro atoms. The van der Waals surface area contributed by atoms with Crippen LogP contribution in [0.1, 0.15) is 5.56 Å². The van der Waals surface area contributed by atoms with Crippen LogP contribution in [0.15, 0.2) is 23.5 Å². The zero-order chi connectivity index (χ0) is 10.3. The number of sulfonamides is 1. The van der Waals surface area contributed by atoms with Gasteiger partial charge in [-0.25, -0.2) is 23.1 Å². The topological polar surface area (TPSA) is 90.4 Å². The van der Waals surface area contributed by atoms with Gasteiger partial charge in [0.05, 0.1) is 0 Å². The molecule has 0 radical (unpaired) electrons. The van der Waals surface area contributed by atoms with E-state index in [4.69, 9.17) is 5.14 Å². The van der Waals surface area contributed by atoms with Gasteiger partial charge in [-0.15, -0.1) is 0 Å². The van der Waals surface area contributed by atoms with E-state index in [1.165, 1.54) is 16.9 Å². The first-order valence-corrected chi connectivity index (χ1v) is 5.36. The Balaban J connectivity index is 2.94. The highest BCUT2D eigenvalue weighted by Crippen LogP contribution is 2.11. The van der Waals surface area contributed by atoms with Gasteiger partial charge < -0.3 is 0 Å². The number of nitrogens with zero attached hydrogens (tertiary/aromatic N) is 3. The third-order valence-electron chi connectivity index (χ3n) is 1.78. The van der Waals surface area contributed by atoms with Crippen LogP contribution in [0.5, 0.6) is 0 Å². The predicted molar refractivity (Wildman–Crippen MR) is 49.1 cm³/mol. The quantitative estimate of drug-likeness (QED) is 0.701. The number of aromatic nitrogens is 3. The molecular formula is C7H8N4O2S. The zero-order valence-corrected chi connectivity index (χ0v) is 8.19. The van der Waals surface area contributed by atoms with Gasteiger partial charge in [-0.3, -0.25) is 0 Å². The summed E-state index contributed by atoms with van der Waals surface area (Å²) in [5.74, 6) is 0. The highest BCUT2D eigenvalue weighted by Gasteiger charge is 2.14. The van der Waals surface area contributed by atoms with Gasteiger partial charge in [0.25, 0.3) is 10.0 Å². The van der Waals surface area contributed by atoms with Crippen molar-refractivity contribution in [3.05, 3.63) is 24.0 Å². The van der Waals surface area contributed by atoms with Crippen molar-refractivity contribution in [1.29, 1.82) is 0 Å². The molecule has 0 aliphatic rings. The van der Waals surface area contributed by atoms with Crippen molar-refractivity contribution < 1.29 is 8.42 Å². The fraction of sp³-hybridized carbons (Fsp3) is 0.143. The number of primary sulfonamides is 1. The second-order valence-corrected chi connectivity index (χ2v) is 4.45. The molecule has 0 atom stereocenters. The molecule has 0 amide bonds. The molecular weight excluding hydrogens is 204 g/mol. The van der Waals surface area contributed by atoms with E-state index >= 15 is 0 Å². The fourth-order valence-electron chi connectivity index (χ4n) is 1.22. The van der Waals surface area contributed by atoms with Gasteiger partial charge in [0.1, 0.15) is 6.33 Å².